The van der Waals surface area contributed by atoms with Crippen molar-refractivity contribution in [3.8, 4) is 0 Å². The molecule has 3 aliphatic carbocycles. The van der Waals surface area contributed by atoms with Crippen LogP contribution in [-0.4, -0.2) is 35.7 Å². The predicted molar refractivity (Wildman–Crippen MR) is 69.8 cm³/mol. The minimum Gasteiger partial charge on any atom is -0.391 e. The summed E-state index contributed by atoms with van der Waals surface area (Å²) in [6.45, 7) is 1.24. The van der Waals surface area contributed by atoms with E-state index in [-0.39, 0.29) is 6.10 Å². The first-order valence-electron chi connectivity index (χ1n) is 7.62. The molecule has 0 saturated heterocycles. The van der Waals surface area contributed by atoms with Gasteiger partial charge in [0.05, 0.1) is 6.10 Å². The van der Waals surface area contributed by atoms with Gasteiger partial charge >= 0.3 is 0 Å². The van der Waals surface area contributed by atoms with E-state index in [0.717, 1.165) is 24.2 Å². The maximum absolute atomic E-state index is 10.1. The summed E-state index contributed by atoms with van der Waals surface area (Å²) in [5.41, 5.74) is 0. The molecule has 0 aromatic heterocycles. The van der Waals surface area contributed by atoms with Crippen molar-refractivity contribution in [3.63, 3.8) is 0 Å². The lowest BCUT2D eigenvalue weighted by Crippen LogP contribution is -2.45. The van der Waals surface area contributed by atoms with E-state index >= 15 is 0 Å². The molecule has 0 aliphatic heterocycles. The van der Waals surface area contributed by atoms with Crippen LogP contribution in [0.25, 0.3) is 0 Å². The first-order valence-corrected chi connectivity index (χ1v) is 7.62. The van der Waals surface area contributed by atoms with Gasteiger partial charge in [0.2, 0.25) is 0 Å². The van der Waals surface area contributed by atoms with Gasteiger partial charge in [0.25, 0.3) is 0 Å². The van der Waals surface area contributed by atoms with Gasteiger partial charge in [-0.15, -0.1) is 0 Å². The van der Waals surface area contributed by atoms with Gasteiger partial charge in [-0.25, -0.2) is 0 Å². The summed E-state index contributed by atoms with van der Waals surface area (Å²) < 4.78 is 0. The molecule has 3 saturated carbocycles. The molecule has 3 aliphatic rings. The Morgan fingerprint density at radius 1 is 1.06 bits per heavy atom. The Bertz CT molecular complexity index is 268. The first kappa shape index (κ1) is 12.0. The molecule has 3 fully saturated rings. The highest BCUT2D eigenvalue weighted by Crippen LogP contribution is 2.48. The van der Waals surface area contributed by atoms with E-state index in [1.54, 1.807) is 0 Å². The summed E-state index contributed by atoms with van der Waals surface area (Å²) in [5, 5.41) is 10.1. The van der Waals surface area contributed by atoms with Gasteiger partial charge in [-0.2, -0.15) is 0 Å². The van der Waals surface area contributed by atoms with E-state index in [1.807, 2.05) is 0 Å². The fourth-order valence-corrected chi connectivity index (χ4v) is 4.71. The quantitative estimate of drug-likeness (QED) is 0.815. The molecule has 0 aromatic rings. The summed E-state index contributed by atoms with van der Waals surface area (Å²) in [6.07, 6.45) is 10.6. The van der Waals surface area contributed by atoms with Crippen molar-refractivity contribution in [1.29, 1.82) is 0 Å². The summed E-state index contributed by atoms with van der Waals surface area (Å²) in [4.78, 5) is 2.48. The van der Waals surface area contributed by atoms with Crippen LogP contribution in [0.5, 0.6) is 0 Å². The molecule has 1 N–H and O–H groups in total. The average molecular weight is 237 g/mol. The number of fused-ring (bicyclic) bond motifs is 2. The zero-order valence-corrected chi connectivity index (χ0v) is 11.1. The van der Waals surface area contributed by atoms with Crippen molar-refractivity contribution in [1.82, 2.24) is 4.90 Å². The largest absolute Gasteiger partial charge is 0.391 e. The molecule has 17 heavy (non-hydrogen) atoms. The number of likely N-dealkylation sites (N-methyl/N-ethyl adjacent to an activating group) is 1. The number of aliphatic hydroxyl groups excluding tert-OH is 1. The maximum atomic E-state index is 10.1. The van der Waals surface area contributed by atoms with Crippen molar-refractivity contribution in [2.45, 2.75) is 63.5 Å². The Balaban J connectivity index is 1.54. The SMILES string of the molecule is CN(CC1CC2CCC1C2)[C@H]1CCCC[C@@H]1O. The van der Waals surface area contributed by atoms with Crippen LogP contribution in [0.15, 0.2) is 0 Å². The number of hydrogen-bond donors (Lipinski definition) is 1. The van der Waals surface area contributed by atoms with Gasteiger partial charge in [-0.05, 0) is 56.9 Å². The fourth-order valence-electron chi connectivity index (χ4n) is 4.71. The van der Waals surface area contributed by atoms with Crippen LogP contribution >= 0.6 is 0 Å². The number of nitrogens with zero attached hydrogens (tertiary/aromatic N) is 1. The zero-order valence-electron chi connectivity index (χ0n) is 11.1. The van der Waals surface area contributed by atoms with Crippen LogP contribution in [0, 0.1) is 17.8 Å². The lowest BCUT2D eigenvalue weighted by molar-refractivity contribution is 0.0217. The van der Waals surface area contributed by atoms with Gasteiger partial charge in [0.15, 0.2) is 0 Å². The van der Waals surface area contributed by atoms with E-state index in [0.29, 0.717) is 6.04 Å². The molecule has 3 rings (SSSR count). The molecule has 0 amide bonds. The predicted octanol–water partition coefficient (Wildman–Crippen LogP) is 2.66. The Morgan fingerprint density at radius 2 is 1.88 bits per heavy atom. The maximum Gasteiger partial charge on any atom is 0.0695 e. The molecule has 5 atom stereocenters. The molecular weight excluding hydrogens is 210 g/mol. The van der Waals surface area contributed by atoms with Crippen molar-refractivity contribution < 1.29 is 5.11 Å². The highest BCUT2D eigenvalue weighted by molar-refractivity contribution is 4.92. The third-order valence-electron chi connectivity index (χ3n) is 5.67. The standard InChI is InChI=1S/C15H27NO/c1-16(14-4-2-3-5-15(14)17)10-13-9-11-6-7-12(13)8-11/h11-15,17H,2-10H2,1H3/t11?,12?,13?,14-,15-/m0/s1. The van der Waals surface area contributed by atoms with Crippen LogP contribution in [0.3, 0.4) is 0 Å². The molecule has 0 heterocycles. The van der Waals surface area contributed by atoms with Gasteiger partial charge in [-0.3, -0.25) is 0 Å². The number of aliphatic hydroxyl groups is 1. The normalized spacial score (nSPS) is 45.7. The molecule has 2 nitrogen and oxygen atoms in total. The monoisotopic (exact) mass is 237 g/mol. The molecule has 98 valence electrons. The van der Waals surface area contributed by atoms with Crippen molar-refractivity contribution in [3.05, 3.63) is 0 Å². The van der Waals surface area contributed by atoms with Gasteiger partial charge < -0.3 is 10.0 Å². The molecule has 0 aromatic carbocycles. The molecular formula is C15H27NO. The van der Waals surface area contributed by atoms with E-state index in [4.69, 9.17) is 0 Å². The Morgan fingerprint density at radius 3 is 2.53 bits per heavy atom. The molecule has 3 unspecified atom stereocenters. The second-order valence-electron chi connectivity index (χ2n) is 6.79. The third-order valence-corrected chi connectivity index (χ3v) is 5.67. The fraction of sp³-hybridized carbons (Fsp3) is 1.00. The zero-order chi connectivity index (χ0) is 11.8. The highest BCUT2D eigenvalue weighted by atomic mass is 16.3. The number of hydrogen-bond acceptors (Lipinski definition) is 2. The smallest absolute Gasteiger partial charge is 0.0695 e. The Labute approximate surface area is 105 Å². The summed E-state index contributed by atoms with van der Waals surface area (Å²) in [5.74, 6) is 3.01. The lowest BCUT2D eigenvalue weighted by Gasteiger charge is -2.37. The summed E-state index contributed by atoms with van der Waals surface area (Å²) in [7, 11) is 2.24. The second-order valence-corrected chi connectivity index (χ2v) is 6.79. The van der Waals surface area contributed by atoms with Crippen LogP contribution < -0.4 is 0 Å². The van der Waals surface area contributed by atoms with Crippen LogP contribution in [0.4, 0.5) is 0 Å². The van der Waals surface area contributed by atoms with Gasteiger partial charge in [0, 0.05) is 12.6 Å². The molecule has 2 bridgehead atoms. The van der Waals surface area contributed by atoms with Crippen molar-refractivity contribution in [2.75, 3.05) is 13.6 Å². The van der Waals surface area contributed by atoms with Crippen molar-refractivity contribution in [2.24, 2.45) is 17.8 Å². The van der Waals surface area contributed by atoms with E-state index < -0.39 is 0 Å². The topological polar surface area (TPSA) is 23.5 Å². The molecule has 0 spiro atoms. The Hall–Kier alpha value is -0.0800. The average Bonchev–Trinajstić information content (AvgIpc) is 2.91. The van der Waals surface area contributed by atoms with Crippen LogP contribution in [0.1, 0.15) is 51.4 Å². The van der Waals surface area contributed by atoms with E-state index in [9.17, 15) is 5.11 Å². The van der Waals surface area contributed by atoms with Crippen LogP contribution in [0.2, 0.25) is 0 Å². The first-order chi connectivity index (χ1) is 8.24. The number of rotatable bonds is 3. The molecule has 2 heteroatoms. The minimum absolute atomic E-state index is 0.0626. The third kappa shape index (κ3) is 2.39. The van der Waals surface area contributed by atoms with E-state index in [1.165, 1.54) is 51.5 Å². The summed E-state index contributed by atoms with van der Waals surface area (Å²) in [6, 6.07) is 0.447. The van der Waals surface area contributed by atoms with E-state index in [2.05, 4.69) is 11.9 Å². The van der Waals surface area contributed by atoms with Crippen molar-refractivity contribution >= 4 is 0 Å². The summed E-state index contributed by atoms with van der Waals surface area (Å²) >= 11 is 0. The lowest BCUT2D eigenvalue weighted by atomic mass is 9.86. The second kappa shape index (κ2) is 4.89. The Kier molecular flexibility index (Phi) is 3.45. The van der Waals surface area contributed by atoms with Gasteiger partial charge in [0.1, 0.15) is 0 Å². The van der Waals surface area contributed by atoms with Crippen LogP contribution in [-0.2, 0) is 0 Å². The van der Waals surface area contributed by atoms with Gasteiger partial charge in [-0.1, -0.05) is 19.3 Å². The highest BCUT2D eigenvalue weighted by Gasteiger charge is 2.40. The minimum atomic E-state index is -0.0626. The molecule has 0 radical (unpaired) electrons.